The summed E-state index contributed by atoms with van der Waals surface area (Å²) in [6, 6.07) is 19.2. The summed E-state index contributed by atoms with van der Waals surface area (Å²) in [6.07, 6.45) is 9.80. The van der Waals surface area contributed by atoms with E-state index in [2.05, 4.69) is 63.9 Å². The van der Waals surface area contributed by atoms with Crippen molar-refractivity contribution < 1.29 is 27.6 Å². The van der Waals surface area contributed by atoms with Crippen molar-refractivity contribution in [1.82, 2.24) is 19.6 Å². The normalized spacial score (nSPS) is 19.5. The fraction of sp³-hybridized carbons (Fsp3) is 0.381. The first-order chi connectivity index (χ1) is 28.0. The number of nitro benzene ring substituents is 1. The molecule has 3 fully saturated rings. The Morgan fingerprint density at radius 3 is 2.66 bits per heavy atom. The Morgan fingerprint density at radius 1 is 1.05 bits per heavy atom. The van der Waals surface area contributed by atoms with E-state index < -0.39 is 31.4 Å². The highest BCUT2D eigenvalue weighted by molar-refractivity contribution is 9.10. The zero-order chi connectivity index (χ0) is 40.0. The Kier molecular flexibility index (Phi) is 10.4. The predicted octanol–water partition coefficient (Wildman–Crippen LogP) is 7.57. The molecule has 5 aromatic rings. The van der Waals surface area contributed by atoms with Gasteiger partial charge in [0.25, 0.3) is 21.6 Å². The number of carbonyl (C=O) groups excluding carboxylic acids is 1. The number of nitrogens with one attached hydrogen (secondary N) is 3. The number of nitro groups is 1. The summed E-state index contributed by atoms with van der Waals surface area (Å²) in [5.74, 6) is -0.0832. The van der Waals surface area contributed by atoms with Gasteiger partial charge in [-0.3, -0.25) is 19.8 Å². The van der Waals surface area contributed by atoms with Crippen LogP contribution in [0.15, 0.2) is 88.5 Å². The Hall–Kier alpha value is -5.03. The summed E-state index contributed by atoms with van der Waals surface area (Å²) >= 11 is 3.79. The molecule has 14 nitrogen and oxygen atoms in total. The second-order valence-corrected chi connectivity index (χ2v) is 18.5. The fourth-order valence-corrected chi connectivity index (χ4v) is 10.7. The third-order valence-corrected chi connectivity index (χ3v) is 14.2. The molecule has 0 radical (unpaired) electrons. The monoisotopic (exact) mass is 869 g/mol. The number of pyridine rings is 1. The molecule has 9 rings (SSSR count). The lowest BCUT2D eigenvalue weighted by Crippen LogP contribution is -2.53. The Labute approximate surface area is 344 Å². The number of halogens is 1. The number of ether oxygens (including phenoxy) is 2. The number of carbonyl (C=O) groups is 1. The molecule has 2 aliphatic heterocycles. The van der Waals surface area contributed by atoms with Crippen LogP contribution in [0.3, 0.4) is 0 Å². The van der Waals surface area contributed by atoms with Crippen LogP contribution in [0.25, 0.3) is 11.0 Å². The third-order valence-electron chi connectivity index (χ3n) is 12.1. The zero-order valence-corrected chi connectivity index (χ0v) is 34.2. The molecule has 3 N–H and O–H groups in total. The number of amides is 1. The number of rotatable bonds is 11. The topological polar surface area (TPSA) is 172 Å². The van der Waals surface area contributed by atoms with Crippen molar-refractivity contribution in [2.24, 2.45) is 11.3 Å². The highest BCUT2D eigenvalue weighted by atomic mass is 79.9. The molecule has 3 aromatic carbocycles. The number of aromatic nitrogens is 2. The van der Waals surface area contributed by atoms with E-state index in [1.807, 2.05) is 6.07 Å². The van der Waals surface area contributed by atoms with Crippen LogP contribution < -0.4 is 19.7 Å². The van der Waals surface area contributed by atoms with Crippen LogP contribution >= 0.6 is 15.9 Å². The molecular weight excluding hydrogens is 826 g/mol. The van der Waals surface area contributed by atoms with Crippen molar-refractivity contribution in [3.63, 3.8) is 0 Å². The zero-order valence-electron chi connectivity index (χ0n) is 31.8. The average Bonchev–Trinajstić information content (AvgIpc) is 3.54. The van der Waals surface area contributed by atoms with Gasteiger partial charge in [0, 0.05) is 78.1 Å². The number of hydrogen-bond acceptors (Lipinski definition) is 11. The van der Waals surface area contributed by atoms with Gasteiger partial charge < -0.3 is 24.7 Å². The van der Waals surface area contributed by atoms with Gasteiger partial charge in [-0.05, 0) is 91.6 Å². The summed E-state index contributed by atoms with van der Waals surface area (Å²) in [4.78, 5) is 37.2. The van der Waals surface area contributed by atoms with Crippen molar-refractivity contribution in [2.75, 3.05) is 56.2 Å². The van der Waals surface area contributed by atoms with Crippen molar-refractivity contribution in [2.45, 2.75) is 49.5 Å². The molecule has 4 aliphatic rings. The number of H-pyrrole nitrogens is 1. The van der Waals surface area contributed by atoms with Crippen LogP contribution in [0.5, 0.6) is 11.5 Å². The van der Waals surface area contributed by atoms with Crippen LogP contribution in [0.1, 0.15) is 59.6 Å². The van der Waals surface area contributed by atoms with Gasteiger partial charge in [-0.15, -0.1) is 0 Å². The van der Waals surface area contributed by atoms with Crippen LogP contribution in [-0.4, -0.2) is 80.1 Å². The van der Waals surface area contributed by atoms with Gasteiger partial charge >= 0.3 is 0 Å². The van der Waals surface area contributed by atoms with E-state index in [-0.39, 0.29) is 22.4 Å². The molecule has 1 spiro atoms. The van der Waals surface area contributed by atoms with E-state index in [0.29, 0.717) is 29.9 Å². The van der Waals surface area contributed by atoms with Gasteiger partial charge in [-0.1, -0.05) is 34.5 Å². The summed E-state index contributed by atoms with van der Waals surface area (Å²) < 4.78 is 42.3. The van der Waals surface area contributed by atoms with Gasteiger partial charge in [-0.25, -0.2) is 18.1 Å². The molecule has 0 bridgehead atoms. The lowest BCUT2D eigenvalue weighted by Gasteiger charge is -2.53. The second kappa shape index (κ2) is 15.6. The minimum atomic E-state index is -4.54. The fourth-order valence-electron chi connectivity index (χ4n) is 9.10. The molecule has 16 heteroatoms. The summed E-state index contributed by atoms with van der Waals surface area (Å²) in [7, 11) is -4.54. The van der Waals surface area contributed by atoms with E-state index in [1.165, 1.54) is 46.8 Å². The molecule has 302 valence electrons. The van der Waals surface area contributed by atoms with Crippen molar-refractivity contribution in [1.29, 1.82) is 0 Å². The van der Waals surface area contributed by atoms with Crippen LogP contribution in [0, 0.1) is 21.4 Å². The lowest BCUT2D eigenvalue weighted by atomic mass is 9.61. The molecule has 2 saturated heterocycles. The summed E-state index contributed by atoms with van der Waals surface area (Å²) in [6.45, 7) is 5.22. The minimum Gasteiger partial charge on any atom is -0.455 e. The van der Waals surface area contributed by atoms with Crippen molar-refractivity contribution in [3.8, 4) is 11.5 Å². The first-order valence-electron chi connectivity index (χ1n) is 19.7. The standard InChI is InChI=1S/C42H44BrN7O7S/c43-35-6-3-5-33-32(35)4-1-2-7-37(33)49-16-14-48(15-17-49)29-8-10-34(39(19-29)57-30-18-28-12-13-44-40(28)46-24-30)41(51)47-58(54,55)31-9-11-36(38(20-31)50(52)53)45-23-27-21-42(22-27)25-56-26-42/h3,5-6,8-13,18-20,24,27,37,45H,1-2,4,7,14-17,21-23,25-26H2,(H,44,46)(H,47,51)/t37-/m1/s1. The van der Waals surface area contributed by atoms with E-state index >= 15 is 0 Å². The molecule has 1 amide bonds. The number of fused-ring (bicyclic) bond motifs is 2. The quantitative estimate of drug-likeness (QED) is 0.0679. The number of anilines is 2. The van der Waals surface area contributed by atoms with Gasteiger partial charge in [0.05, 0.1) is 34.8 Å². The molecule has 4 heterocycles. The van der Waals surface area contributed by atoms with E-state index in [1.54, 1.807) is 30.5 Å². The third kappa shape index (κ3) is 7.65. The highest BCUT2D eigenvalue weighted by Crippen LogP contribution is 2.50. The molecule has 0 unspecified atom stereocenters. The predicted molar refractivity (Wildman–Crippen MR) is 223 cm³/mol. The molecule has 1 saturated carbocycles. The Bertz CT molecular complexity index is 2490. The second-order valence-electron chi connectivity index (χ2n) is 16.0. The largest absolute Gasteiger partial charge is 0.455 e. The number of aromatic amines is 1. The number of piperazine rings is 1. The first-order valence-corrected chi connectivity index (χ1v) is 22.0. The lowest BCUT2D eigenvalue weighted by molar-refractivity contribution is -0.384. The number of benzene rings is 3. The number of hydrogen-bond donors (Lipinski definition) is 3. The molecule has 2 aromatic heterocycles. The maximum atomic E-state index is 13.9. The van der Waals surface area contributed by atoms with Crippen LogP contribution in [0.2, 0.25) is 0 Å². The van der Waals surface area contributed by atoms with Gasteiger partial charge in [0.1, 0.15) is 22.8 Å². The minimum absolute atomic E-state index is 0.0244. The average molecular weight is 871 g/mol. The van der Waals surface area contributed by atoms with E-state index in [0.717, 1.165) is 82.2 Å². The Morgan fingerprint density at radius 2 is 1.88 bits per heavy atom. The van der Waals surface area contributed by atoms with Crippen LogP contribution in [-0.2, 0) is 21.2 Å². The van der Waals surface area contributed by atoms with Crippen molar-refractivity contribution in [3.05, 3.63) is 110 Å². The SMILES string of the molecule is O=C(NS(=O)(=O)c1ccc(NCC2CC3(COC3)C2)c([N+](=O)[O-])c1)c1ccc(N2CCN([C@@H]3CCCCc4c(Br)cccc43)CC2)cc1Oc1cnc2[nH]ccc2c1. The highest BCUT2D eigenvalue weighted by Gasteiger charge is 2.49. The van der Waals surface area contributed by atoms with Crippen LogP contribution in [0.4, 0.5) is 17.1 Å². The number of sulfonamides is 1. The summed E-state index contributed by atoms with van der Waals surface area (Å²) in [5.41, 5.74) is 4.35. The maximum Gasteiger partial charge on any atom is 0.293 e. The Balaban J connectivity index is 0.935. The maximum absolute atomic E-state index is 13.9. The van der Waals surface area contributed by atoms with Gasteiger partial charge in [-0.2, -0.15) is 0 Å². The van der Waals surface area contributed by atoms with E-state index in [4.69, 9.17) is 9.47 Å². The number of nitrogens with zero attached hydrogens (tertiary/aromatic N) is 4. The van der Waals surface area contributed by atoms with Crippen molar-refractivity contribution >= 4 is 60.0 Å². The molecule has 58 heavy (non-hydrogen) atoms. The van der Waals surface area contributed by atoms with Gasteiger partial charge in [0.2, 0.25) is 0 Å². The van der Waals surface area contributed by atoms with Gasteiger partial charge in [0.15, 0.2) is 0 Å². The summed E-state index contributed by atoms with van der Waals surface area (Å²) in [5, 5.41) is 16.0. The molecule has 1 atom stereocenters. The van der Waals surface area contributed by atoms with E-state index in [9.17, 15) is 23.3 Å². The molecule has 2 aliphatic carbocycles. The first kappa shape index (κ1) is 38.5. The molecular formula is C42H44BrN7O7S. The smallest absolute Gasteiger partial charge is 0.293 e.